The Labute approximate surface area is 86.9 Å². The van der Waals surface area contributed by atoms with Crippen LogP contribution in [0.5, 0.6) is 0 Å². The normalized spacial score (nSPS) is 9.93. The lowest BCUT2D eigenvalue weighted by molar-refractivity contribution is -0.137. The van der Waals surface area contributed by atoms with E-state index in [4.69, 9.17) is 5.11 Å². The van der Waals surface area contributed by atoms with Crippen molar-refractivity contribution in [3.05, 3.63) is 12.3 Å². The molecule has 2 N–H and O–H groups in total. The third-order valence-electron chi connectivity index (χ3n) is 1.78. The maximum atomic E-state index is 11.2. The van der Waals surface area contributed by atoms with Crippen molar-refractivity contribution in [2.75, 3.05) is 5.32 Å². The van der Waals surface area contributed by atoms with Crippen LogP contribution in [-0.2, 0) is 16.6 Å². The highest BCUT2D eigenvalue weighted by Gasteiger charge is 2.05. The van der Waals surface area contributed by atoms with Gasteiger partial charge in [0.1, 0.15) is 0 Å². The Hall–Kier alpha value is -1.85. The van der Waals surface area contributed by atoms with Crippen LogP contribution < -0.4 is 5.32 Å². The Morgan fingerprint density at radius 2 is 2.27 bits per heavy atom. The standard InChI is InChI=1S/C9H13N3O3/c1-12-6-5-7(11-12)10-8(13)3-2-4-9(14)15/h5-6H,2-4H2,1H3,(H,14,15)(H,10,11,13). The summed E-state index contributed by atoms with van der Waals surface area (Å²) in [6.07, 6.45) is 2.26. The van der Waals surface area contributed by atoms with Gasteiger partial charge in [0.2, 0.25) is 5.91 Å². The molecule has 0 spiro atoms. The molecule has 0 radical (unpaired) electrons. The van der Waals surface area contributed by atoms with Gasteiger partial charge < -0.3 is 10.4 Å². The quantitative estimate of drug-likeness (QED) is 0.747. The molecule has 0 aromatic carbocycles. The molecule has 0 fully saturated rings. The van der Waals surface area contributed by atoms with Gasteiger partial charge in [0.15, 0.2) is 5.82 Å². The number of anilines is 1. The molecule has 0 saturated heterocycles. The molecule has 0 saturated carbocycles. The van der Waals surface area contributed by atoms with E-state index in [0.717, 1.165) is 0 Å². The summed E-state index contributed by atoms with van der Waals surface area (Å²) >= 11 is 0. The molecule has 15 heavy (non-hydrogen) atoms. The first-order valence-corrected chi connectivity index (χ1v) is 4.59. The van der Waals surface area contributed by atoms with Crippen LogP contribution in [-0.4, -0.2) is 26.8 Å². The molecular formula is C9H13N3O3. The largest absolute Gasteiger partial charge is 0.481 e. The minimum Gasteiger partial charge on any atom is -0.481 e. The Balaban J connectivity index is 2.27. The molecule has 6 heteroatoms. The van der Waals surface area contributed by atoms with E-state index in [2.05, 4.69) is 10.4 Å². The van der Waals surface area contributed by atoms with E-state index in [1.54, 1.807) is 24.0 Å². The maximum absolute atomic E-state index is 11.2. The van der Waals surface area contributed by atoms with E-state index < -0.39 is 5.97 Å². The second kappa shape index (κ2) is 5.14. The highest BCUT2D eigenvalue weighted by Crippen LogP contribution is 2.03. The van der Waals surface area contributed by atoms with Crippen LogP contribution in [0.4, 0.5) is 5.82 Å². The number of carbonyl (C=O) groups is 2. The fourth-order valence-corrected chi connectivity index (χ4v) is 1.09. The highest BCUT2D eigenvalue weighted by atomic mass is 16.4. The van der Waals surface area contributed by atoms with E-state index in [1.165, 1.54) is 0 Å². The number of aromatic nitrogens is 2. The molecule has 0 aliphatic rings. The van der Waals surface area contributed by atoms with Crippen molar-refractivity contribution in [2.24, 2.45) is 7.05 Å². The van der Waals surface area contributed by atoms with Gasteiger partial charge in [0.25, 0.3) is 0 Å². The Morgan fingerprint density at radius 1 is 1.53 bits per heavy atom. The minimum absolute atomic E-state index is 0.00956. The van der Waals surface area contributed by atoms with Gasteiger partial charge in [-0.15, -0.1) is 0 Å². The number of carbonyl (C=O) groups excluding carboxylic acids is 1. The first kappa shape index (κ1) is 11.2. The van der Waals surface area contributed by atoms with Crippen LogP contribution >= 0.6 is 0 Å². The van der Waals surface area contributed by atoms with Gasteiger partial charge >= 0.3 is 5.97 Å². The van der Waals surface area contributed by atoms with Crippen LogP contribution in [0, 0.1) is 0 Å². The number of hydrogen-bond acceptors (Lipinski definition) is 3. The van der Waals surface area contributed by atoms with Gasteiger partial charge in [0, 0.05) is 32.2 Å². The van der Waals surface area contributed by atoms with Crippen LogP contribution in [0.3, 0.4) is 0 Å². The van der Waals surface area contributed by atoms with Crippen molar-refractivity contribution in [1.29, 1.82) is 0 Å². The fraction of sp³-hybridized carbons (Fsp3) is 0.444. The summed E-state index contributed by atoms with van der Waals surface area (Å²) < 4.78 is 1.58. The van der Waals surface area contributed by atoms with Crippen molar-refractivity contribution >= 4 is 17.7 Å². The Morgan fingerprint density at radius 3 is 2.80 bits per heavy atom. The zero-order valence-corrected chi connectivity index (χ0v) is 8.43. The molecule has 0 bridgehead atoms. The number of amides is 1. The molecule has 1 aromatic heterocycles. The summed E-state index contributed by atoms with van der Waals surface area (Å²) in [5, 5.41) is 14.9. The summed E-state index contributed by atoms with van der Waals surface area (Å²) in [6, 6.07) is 1.68. The summed E-state index contributed by atoms with van der Waals surface area (Å²) in [7, 11) is 1.75. The predicted octanol–water partition coefficient (Wildman–Crippen LogP) is 0.613. The zero-order chi connectivity index (χ0) is 11.3. The molecule has 0 aliphatic heterocycles. The molecule has 82 valence electrons. The topological polar surface area (TPSA) is 84.2 Å². The van der Waals surface area contributed by atoms with Gasteiger partial charge in [-0.3, -0.25) is 14.3 Å². The van der Waals surface area contributed by atoms with Gasteiger partial charge in [-0.25, -0.2) is 0 Å². The maximum Gasteiger partial charge on any atom is 0.303 e. The lowest BCUT2D eigenvalue weighted by Gasteiger charge is -1.99. The summed E-state index contributed by atoms with van der Waals surface area (Å²) in [5.74, 6) is -0.617. The van der Waals surface area contributed by atoms with Gasteiger partial charge in [-0.2, -0.15) is 5.10 Å². The van der Waals surface area contributed by atoms with Crippen LogP contribution in [0.25, 0.3) is 0 Å². The van der Waals surface area contributed by atoms with Gasteiger partial charge in [-0.1, -0.05) is 0 Å². The monoisotopic (exact) mass is 211 g/mol. The number of aliphatic carboxylic acids is 1. The second-order valence-corrected chi connectivity index (χ2v) is 3.17. The molecule has 1 heterocycles. The number of nitrogens with one attached hydrogen (secondary N) is 1. The van der Waals surface area contributed by atoms with E-state index in [1.807, 2.05) is 0 Å². The van der Waals surface area contributed by atoms with Gasteiger partial charge in [-0.05, 0) is 6.42 Å². The van der Waals surface area contributed by atoms with Crippen molar-refractivity contribution in [1.82, 2.24) is 9.78 Å². The first-order valence-electron chi connectivity index (χ1n) is 4.59. The number of rotatable bonds is 5. The molecule has 1 aromatic rings. The fourth-order valence-electron chi connectivity index (χ4n) is 1.09. The summed E-state index contributed by atoms with van der Waals surface area (Å²) in [5.41, 5.74) is 0. The van der Waals surface area contributed by atoms with Crippen molar-refractivity contribution in [2.45, 2.75) is 19.3 Å². The highest BCUT2D eigenvalue weighted by molar-refractivity contribution is 5.89. The zero-order valence-electron chi connectivity index (χ0n) is 8.43. The predicted molar refractivity (Wildman–Crippen MR) is 53.3 cm³/mol. The van der Waals surface area contributed by atoms with E-state index in [9.17, 15) is 9.59 Å². The Kier molecular flexibility index (Phi) is 3.84. The number of nitrogens with zero attached hydrogens (tertiary/aromatic N) is 2. The van der Waals surface area contributed by atoms with Crippen molar-refractivity contribution in [3.8, 4) is 0 Å². The third-order valence-corrected chi connectivity index (χ3v) is 1.78. The Bertz CT molecular complexity index is 359. The average Bonchev–Trinajstić information content (AvgIpc) is 2.50. The van der Waals surface area contributed by atoms with E-state index >= 15 is 0 Å². The van der Waals surface area contributed by atoms with E-state index in [-0.39, 0.29) is 18.7 Å². The van der Waals surface area contributed by atoms with E-state index in [0.29, 0.717) is 12.2 Å². The second-order valence-electron chi connectivity index (χ2n) is 3.17. The molecule has 0 unspecified atom stereocenters. The number of carboxylic acid groups (broad SMARTS) is 1. The van der Waals surface area contributed by atoms with Crippen LogP contribution in [0.15, 0.2) is 12.3 Å². The lowest BCUT2D eigenvalue weighted by Crippen LogP contribution is -2.12. The lowest BCUT2D eigenvalue weighted by atomic mass is 10.2. The summed E-state index contributed by atoms with van der Waals surface area (Å²) in [6.45, 7) is 0. The molecule has 1 rings (SSSR count). The molecule has 0 atom stereocenters. The SMILES string of the molecule is Cn1ccc(NC(=O)CCCC(=O)O)n1. The minimum atomic E-state index is -0.888. The average molecular weight is 211 g/mol. The molecule has 1 amide bonds. The van der Waals surface area contributed by atoms with Crippen LogP contribution in [0.1, 0.15) is 19.3 Å². The van der Waals surface area contributed by atoms with Crippen molar-refractivity contribution < 1.29 is 14.7 Å². The number of hydrogen-bond donors (Lipinski definition) is 2. The molecule has 6 nitrogen and oxygen atoms in total. The smallest absolute Gasteiger partial charge is 0.303 e. The van der Waals surface area contributed by atoms with Crippen LogP contribution in [0.2, 0.25) is 0 Å². The molecule has 0 aliphatic carbocycles. The number of carboxylic acids is 1. The first-order chi connectivity index (χ1) is 7.08. The van der Waals surface area contributed by atoms with Crippen molar-refractivity contribution in [3.63, 3.8) is 0 Å². The van der Waals surface area contributed by atoms with Gasteiger partial charge in [0.05, 0.1) is 0 Å². The number of aryl methyl sites for hydroxylation is 1. The molecular weight excluding hydrogens is 198 g/mol. The summed E-state index contributed by atoms with van der Waals surface area (Å²) in [4.78, 5) is 21.4. The third kappa shape index (κ3) is 4.26.